The number of hydrogen-bond acceptors (Lipinski definition) is 5. The number of unbranched alkanes of at least 4 members (excludes halogenated alkanes) is 1. The minimum atomic E-state index is -0.952. The van der Waals surface area contributed by atoms with Crippen LogP contribution in [0, 0.1) is 0 Å². The summed E-state index contributed by atoms with van der Waals surface area (Å²) in [7, 11) is 1.83. The Balaban J connectivity index is 1.55. The first-order chi connectivity index (χ1) is 17.6. The molecular weight excluding hydrogens is 450 g/mol. The molecule has 0 amide bonds. The Hall–Kier alpha value is -3.45. The molecule has 0 unspecified atom stereocenters. The van der Waals surface area contributed by atoms with Crippen molar-refractivity contribution in [2.75, 3.05) is 25.5 Å². The molecule has 0 aliphatic carbocycles. The smallest absolute Gasteiger partial charge is 0.335 e. The number of aromatic carboxylic acids is 1. The number of carbonyl (C=O) groups is 1. The van der Waals surface area contributed by atoms with Gasteiger partial charge in [-0.15, -0.1) is 0 Å². The fourth-order valence-corrected chi connectivity index (χ4v) is 5.25. The average Bonchev–Trinajstić information content (AvgIpc) is 3.26. The van der Waals surface area contributed by atoms with Gasteiger partial charge >= 0.3 is 5.97 Å². The van der Waals surface area contributed by atoms with E-state index in [0.29, 0.717) is 17.9 Å². The summed E-state index contributed by atoms with van der Waals surface area (Å²) >= 11 is 0. The Morgan fingerprint density at radius 3 is 2.39 bits per heavy atom. The van der Waals surface area contributed by atoms with Gasteiger partial charge in [0.05, 0.1) is 16.6 Å². The van der Waals surface area contributed by atoms with E-state index in [4.69, 9.17) is 9.97 Å². The second-order valence-electron chi connectivity index (χ2n) is 9.82. The lowest BCUT2D eigenvalue weighted by atomic mass is 10.1. The van der Waals surface area contributed by atoms with Crippen LogP contribution in [0.4, 0.5) is 5.82 Å². The number of carboxylic acid groups (broad SMARTS) is 1. The van der Waals surface area contributed by atoms with Gasteiger partial charge < -0.3 is 15.0 Å². The van der Waals surface area contributed by atoms with E-state index >= 15 is 0 Å². The first-order valence-electron chi connectivity index (χ1n) is 13.1. The number of pyridine rings is 1. The lowest BCUT2D eigenvalue weighted by Crippen LogP contribution is -2.29. The minimum absolute atomic E-state index is 0.234. The number of aromatic nitrogens is 3. The van der Waals surface area contributed by atoms with E-state index in [1.54, 1.807) is 12.1 Å². The van der Waals surface area contributed by atoms with E-state index in [1.165, 1.54) is 43.5 Å². The predicted molar refractivity (Wildman–Crippen MR) is 145 cm³/mol. The molecule has 0 bridgehead atoms. The highest BCUT2D eigenvalue weighted by Crippen LogP contribution is 2.32. The Kier molecular flexibility index (Phi) is 7.18. The number of fused-ring (bicyclic) bond motifs is 3. The van der Waals surface area contributed by atoms with Crippen molar-refractivity contribution in [2.45, 2.75) is 58.5 Å². The Labute approximate surface area is 212 Å². The number of aryl methyl sites for hydroxylation is 1. The van der Waals surface area contributed by atoms with Gasteiger partial charge in [0.1, 0.15) is 11.3 Å². The van der Waals surface area contributed by atoms with Crippen molar-refractivity contribution in [1.29, 1.82) is 0 Å². The van der Waals surface area contributed by atoms with Crippen molar-refractivity contribution >= 4 is 33.7 Å². The molecule has 4 aromatic rings. The molecule has 7 nitrogen and oxygen atoms in total. The summed E-state index contributed by atoms with van der Waals surface area (Å²) in [5.74, 6) is 0.761. The number of anilines is 1. The molecule has 2 aromatic heterocycles. The van der Waals surface area contributed by atoms with Crippen LogP contribution in [-0.4, -0.2) is 50.6 Å². The summed E-state index contributed by atoms with van der Waals surface area (Å²) < 4.78 is 2.30. The number of piperidine rings is 1. The van der Waals surface area contributed by atoms with Crippen LogP contribution < -0.4 is 5.32 Å². The average molecular weight is 486 g/mol. The molecule has 1 fully saturated rings. The van der Waals surface area contributed by atoms with Gasteiger partial charge in [0.25, 0.3) is 0 Å². The molecule has 7 heteroatoms. The van der Waals surface area contributed by atoms with Crippen LogP contribution in [0.3, 0.4) is 0 Å². The van der Waals surface area contributed by atoms with Gasteiger partial charge in [-0.3, -0.25) is 4.90 Å². The highest BCUT2D eigenvalue weighted by molar-refractivity contribution is 6.08. The van der Waals surface area contributed by atoms with Gasteiger partial charge in [0.15, 0.2) is 5.82 Å². The Bertz CT molecular complexity index is 1370. The number of carboxylic acids is 1. The van der Waals surface area contributed by atoms with Crippen molar-refractivity contribution in [3.8, 4) is 0 Å². The maximum absolute atomic E-state index is 11.6. The molecule has 1 saturated heterocycles. The molecule has 0 spiro atoms. The molecule has 2 aromatic carbocycles. The number of likely N-dealkylation sites (tertiary alicyclic amines) is 1. The minimum Gasteiger partial charge on any atom is -0.478 e. The van der Waals surface area contributed by atoms with Crippen LogP contribution in [0.5, 0.6) is 0 Å². The van der Waals surface area contributed by atoms with Crippen LogP contribution in [0.2, 0.25) is 0 Å². The van der Waals surface area contributed by atoms with Crippen LogP contribution >= 0.6 is 0 Å². The zero-order valence-electron chi connectivity index (χ0n) is 21.3. The number of imidazole rings is 1. The maximum Gasteiger partial charge on any atom is 0.335 e. The lowest BCUT2D eigenvalue weighted by Gasteiger charge is -2.26. The number of nitrogens with one attached hydrogen (secondary N) is 1. The van der Waals surface area contributed by atoms with Crippen molar-refractivity contribution in [2.24, 2.45) is 0 Å². The van der Waals surface area contributed by atoms with Crippen molar-refractivity contribution in [3.05, 3.63) is 65.0 Å². The normalized spacial score (nSPS) is 14.5. The third-order valence-corrected chi connectivity index (χ3v) is 7.21. The topological polar surface area (TPSA) is 83.3 Å². The summed E-state index contributed by atoms with van der Waals surface area (Å²) in [6.07, 6.45) is 6.99. The summed E-state index contributed by atoms with van der Waals surface area (Å²) in [4.78, 5) is 23.9. The largest absolute Gasteiger partial charge is 0.478 e. The molecule has 5 rings (SSSR count). The molecular formula is C29H35N5O2. The second kappa shape index (κ2) is 10.7. The van der Waals surface area contributed by atoms with Gasteiger partial charge in [-0.05, 0) is 61.7 Å². The molecule has 3 heterocycles. The monoisotopic (exact) mass is 485 g/mol. The van der Waals surface area contributed by atoms with Gasteiger partial charge in [-0.1, -0.05) is 44.0 Å². The molecule has 1 aliphatic heterocycles. The third kappa shape index (κ3) is 4.93. The summed E-state index contributed by atoms with van der Waals surface area (Å²) in [5.41, 5.74) is 5.32. The number of benzene rings is 2. The maximum atomic E-state index is 11.6. The van der Waals surface area contributed by atoms with Crippen LogP contribution in [0.1, 0.15) is 66.3 Å². The van der Waals surface area contributed by atoms with Crippen molar-refractivity contribution in [1.82, 2.24) is 19.4 Å². The van der Waals surface area contributed by atoms with Crippen LogP contribution in [0.25, 0.3) is 21.9 Å². The van der Waals surface area contributed by atoms with E-state index in [2.05, 4.69) is 46.0 Å². The second-order valence-corrected chi connectivity index (χ2v) is 9.82. The number of nitrogens with zero attached hydrogens (tertiary/aromatic N) is 4. The fourth-order valence-electron chi connectivity index (χ4n) is 5.25. The van der Waals surface area contributed by atoms with Crippen molar-refractivity contribution in [3.63, 3.8) is 0 Å². The molecule has 0 saturated carbocycles. The Morgan fingerprint density at radius 1 is 1.00 bits per heavy atom. The Morgan fingerprint density at radius 2 is 1.72 bits per heavy atom. The standard InChI is InChI=1S/C29H35N5O2/c1-3-4-8-25-32-26-27(23-14-13-22(29(35)36)17-24(23)31-28(26)30-2)34(25)19-21-11-9-20(10-12-21)18-33-15-6-5-7-16-33/h9-14,17H,3-8,15-16,18-19H2,1-2H3,(H,30,31)(H,35,36). The van der Waals surface area contributed by atoms with E-state index < -0.39 is 5.97 Å². The third-order valence-electron chi connectivity index (χ3n) is 7.21. The SMILES string of the molecule is CCCCc1nc2c(NC)nc3cc(C(=O)O)ccc3c2n1Cc1ccc(CN2CCCCC2)cc1. The first kappa shape index (κ1) is 24.3. The summed E-state index contributed by atoms with van der Waals surface area (Å²) in [6, 6.07) is 14.2. The molecule has 36 heavy (non-hydrogen) atoms. The highest BCUT2D eigenvalue weighted by atomic mass is 16.4. The number of rotatable bonds is 9. The summed E-state index contributed by atoms with van der Waals surface area (Å²) in [5, 5.41) is 13.6. The molecule has 0 atom stereocenters. The fraction of sp³-hybridized carbons (Fsp3) is 0.414. The van der Waals surface area contributed by atoms with Crippen molar-refractivity contribution < 1.29 is 9.90 Å². The van der Waals surface area contributed by atoms with Gasteiger partial charge in [-0.25, -0.2) is 14.8 Å². The van der Waals surface area contributed by atoms with E-state index in [0.717, 1.165) is 48.1 Å². The number of hydrogen-bond donors (Lipinski definition) is 2. The molecule has 2 N–H and O–H groups in total. The zero-order chi connectivity index (χ0) is 25.1. The van der Waals surface area contributed by atoms with Gasteiger partial charge in [-0.2, -0.15) is 0 Å². The quantitative estimate of drug-likeness (QED) is 0.316. The predicted octanol–water partition coefficient (Wildman–Crippen LogP) is 5.70. The van der Waals surface area contributed by atoms with Gasteiger partial charge in [0, 0.05) is 31.9 Å². The molecule has 188 valence electrons. The van der Waals surface area contributed by atoms with E-state index in [-0.39, 0.29) is 5.56 Å². The van der Waals surface area contributed by atoms with E-state index in [1.807, 2.05) is 13.1 Å². The zero-order valence-corrected chi connectivity index (χ0v) is 21.3. The summed E-state index contributed by atoms with van der Waals surface area (Å²) in [6.45, 7) is 6.31. The first-order valence-corrected chi connectivity index (χ1v) is 13.1. The lowest BCUT2D eigenvalue weighted by molar-refractivity contribution is 0.0697. The molecule has 1 aliphatic rings. The highest BCUT2D eigenvalue weighted by Gasteiger charge is 2.19. The van der Waals surface area contributed by atoms with Crippen LogP contribution in [-0.2, 0) is 19.5 Å². The molecule has 0 radical (unpaired) electrons. The van der Waals surface area contributed by atoms with E-state index in [9.17, 15) is 9.90 Å². The van der Waals surface area contributed by atoms with Crippen LogP contribution in [0.15, 0.2) is 42.5 Å². The van der Waals surface area contributed by atoms with Gasteiger partial charge in [0.2, 0.25) is 0 Å².